The minimum absolute atomic E-state index is 0.116. The summed E-state index contributed by atoms with van der Waals surface area (Å²) >= 11 is 5.94. The first-order chi connectivity index (χ1) is 11.4. The number of benzene rings is 2. The molecule has 0 aliphatic rings. The number of aryl methyl sites for hydroxylation is 1. The zero-order chi connectivity index (χ0) is 17.3. The fourth-order valence-electron chi connectivity index (χ4n) is 2.47. The smallest absolute Gasteiger partial charge is 0.246 e. The van der Waals surface area contributed by atoms with E-state index in [1.54, 1.807) is 23.7 Å². The molecular weight excluding hydrogens is 348 g/mol. The van der Waals surface area contributed by atoms with Gasteiger partial charge in [-0.15, -0.1) is 0 Å². The van der Waals surface area contributed by atoms with E-state index in [-0.39, 0.29) is 11.4 Å². The van der Waals surface area contributed by atoms with Gasteiger partial charge in [0.25, 0.3) is 0 Å². The van der Waals surface area contributed by atoms with Crippen molar-refractivity contribution in [2.24, 2.45) is 7.05 Å². The largest absolute Gasteiger partial charge is 0.349 e. The molecule has 0 aliphatic heterocycles. The number of rotatable bonds is 4. The fourth-order valence-corrected chi connectivity index (χ4v) is 3.80. The first kappa shape index (κ1) is 16.7. The monoisotopic (exact) mass is 362 g/mol. The van der Waals surface area contributed by atoms with Gasteiger partial charge < -0.3 is 4.57 Å². The maximum Gasteiger partial charge on any atom is 0.246 e. The van der Waals surface area contributed by atoms with Gasteiger partial charge in [-0.1, -0.05) is 41.9 Å². The Morgan fingerprint density at radius 2 is 1.83 bits per heavy atom. The van der Waals surface area contributed by atoms with Gasteiger partial charge in [-0.3, -0.25) is 4.79 Å². The maximum atomic E-state index is 12.6. The molecule has 1 N–H and O–H groups in total. The minimum atomic E-state index is -3.93. The van der Waals surface area contributed by atoms with E-state index in [1.807, 2.05) is 30.3 Å². The molecule has 0 saturated heterocycles. The Labute approximate surface area is 144 Å². The van der Waals surface area contributed by atoms with Crippen LogP contribution in [-0.2, 0) is 23.6 Å². The van der Waals surface area contributed by atoms with E-state index < -0.39 is 15.5 Å². The van der Waals surface area contributed by atoms with Crippen LogP contribution in [0.5, 0.6) is 0 Å². The van der Waals surface area contributed by atoms with E-state index >= 15 is 0 Å². The predicted molar refractivity (Wildman–Crippen MR) is 94.7 cm³/mol. The molecule has 0 amide bonds. The van der Waals surface area contributed by atoms with Crippen LogP contribution in [0, 0.1) is 0 Å². The van der Waals surface area contributed by atoms with Crippen LogP contribution in [0.2, 0.25) is 5.02 Å². The molecule has 3 aromatic rings. The SMILES string of the molecule is Cn1cc(S(=O)(=O)NCc2ccccc2)c(=O)c2ccc(Cl)cc21. The van der Waals surface area contributed by atoms with E-state index in [4.69, 9.17) is 11.6 Å². The lowest BCUT2D eigenvalue weighted by Gasteiger charge is -2.11. The number of sulfonamides is 1. The summed E-state index contributed by atoms with van der Waals surface area (Å²) in [6, 6.07) is 13.8. The second kappa shape index (κ2) is 6.39. The average molecular weight is 363 g/mol. The van der Waals surface area contributed by atoms with Gasteiger partial charge >= 0.3 is 0 Å². The first-order valence-electron chi connectivity index (χ1n) is 7.21. The molecule has 2 aromatic carbocycles. The third kappa shape index (κ3) is 3.21. The Balaban J connectivity index is 2.03. The van der Waals surface area contributed by atoms with Crippen LogP contribution in [-0.4, -0.2) is 13.0 Å². The van der Waals surface area contributed by atoms with Crippen LogP contribution < -0.4 is 10.2 Å². The van der Waals surface area contributed by atoms with Crippen LogP contribution in [0.4, 0.5) is 0 Å². The molecule has 0 atom stereocenters. The first-order valence-corrected chi connectivity index (χ1v) is 9.07. The van der Waals surface area contributed by atoms with Crippen molar-refractivity contribution in [2.45, 2.75) is 11.4 Å². The predicted octanol–water partition coefficient (Wildman–Crippen LogP) is 2.67. The molecule has 0 unspecified atom stereocenters. The number of aromatic nitrogens is 1. The Bertz CT molecular complexity index is 1060. The molecule has 0 radical (unpaired) electrons. The van der Waals surface area contributed by atoms with E-state index in [0.717, 1.165) is 5.56 Å². The Morgan fingerprint density at radius 3 is 2.54 bits per heavy atom. The number of nitrogens with zero attached hydrogens (tertiary/aromatic N) is 1. The van der Waals surface area contributed by atoms with Gasteiger partial charge in [-0.05, 0) is 23.8 Å². The molecule has 3 rings (SSSR count). The van der Waals surface area contributed by atoms with E-state index in [0.29, 0.717) is 15.9 Å². The summed E-state index contributed by atoms with van der Waals surface area (Å²) in [6.07, 6.45) is 1.31. The molecular formula is C17H15ClN2O3S. The number of pyridine rings is 1. The lowest BCUT2D eigenvalue weighted by Crippen LogP contribution is -2.29. The summed E-state index contributed by atoms with van der Waals surface area (Å²) < 4.78 is 29.1. The molecule has 0 spiro atoms. The standard InChI is InChI=1S/C17H15ClN2O3S/c1-20-11-16(17(21)14-8-7-13(18)9-15(14)20)24(22,23)19-10-12-5-3-2-4-6-12/h2-9,11,19H,10H2,1H3. The molecule has 0 fully saturated rings. The summed E-state index contributed by atoms with van der Waals surface area (Å²) in [5, 5.41) is 0.791. The van der Waals surface area contributed by atoms with E-state index in [1.165, 1.54) is 12.3 Å². The third-order valence-corrected chi connectivity index (χ3v) is 5.35. The zero-order valence-corrected chi connectivity index (χ0v) is 14.4. The molecule has 0 bridgehead atoms. The summed E-state index contributed by atoms with van der Waals surface area (Å²) in [7, 11) is -2.25. The highest BCUT2D eigenvalue weighted by Gasteiger charge is 2.20. The topological polar surface area (TPSA) is 68.2 Å². The molecule has 1 aromatic heterocycles. The van der Waals surface area contributed by atoms with Gasteiger partial charge in [-0.25, -0.2) is 13.1 Å². The van der Waals surface area contributed by atoms with Gasteiger partial charge in [0, 0.05) is 30.2 Å². The quantitative estimate of drug-likeness (QED) is 0.775. The molecule has 0 saturated carbocycles. The van der Waals surface area contributed by atoms with Crippen molar-refractivity contribution in [3.05, 3.63) is 75.5 Å². The molecule has 124 valence electrons. The summed E-state index contributed by atoms with van der Waals surface area (Å²) in [5.74, 6) is 0. The second-order valence-corrected chi connectivity index (χ2v) is 7.58. The zero-order valence-electron chi connectivity index (χ0n) is 12.9. The van der Waals surface area contributed by atoms with Crippen molar-refractivity contribution in [1.29, 1.82) is 0 Å². The number of fused-ring (bicyclic) bond motifs is 1. The Morgan fingerprint density at radius 1 is 1.12 bits per heavy atom. The van der Waals surface area contributed by atoms with Crippen molar-refractivity contribution in [3.63, 3.8) is 0 Å². The summed E-state index contributed by atoms with van der Waals surface area (Å²) in [6.45, 7) is 0.116. The molecule has 0 aliphatic carbocycles. The van der Waals surface area contributed by atoms with Crippen LogP contribution in [0.3, 0.4) is 0 Å². The average Bonchev–Trinajstić information content (AvgIpc) is 2.57. The second-order valence-electron chi connectivity index (χ2n) is 5.41. The Hall–Kier alpha value is -2.15. The van der Waals surface area contributed by atoms with Crippen LogP contribution >= 0.6 is 11.6 Å². The minimum Gasteiger partial charge on any atom is -0.349 e. The van der Waals surface area contributed by atoms with E-state index in [2.05, 4.69) is 4.72 Å². The van der Waals surface area contributed by atoms with Crippen LogP contribution in [0.15, 0.2) is 64.4 Å². The van der Waals surface area contributed by atoms with Gasteiger partial charge in [0.2, 0.25) is 15.5 Å². The van der Waals surface area contributed by atoms with Crippen molar-refractivity contribution >= 4 is 32.5 Å². The van der Waals surface area contributed by atoms with Gasteiger partial charge in [-0.2, -0.15) is 0 Å². The van der Waals surface area contributed by atoms with Gasteiger partial charge in [0.15, 0.2) is 0 Å². The van der Waals surface area contributed by atoms with E-state index in [9.17, 15) is 13.2 Å². The number of hydrogen-bond acceptors (Lipinski definition) is 3. The van der Waals surface area contributed by atoms with Crippen molar-refractivity contribution in [1.82, 2.24) is 9.29 Å². The normalized spacial score (nSPS) is 11.8. The maximum absolute atomic E-state index is 12.6. The highest BCUT2D eigenvalue weighted by molar-refractivity contribution is 7.89. The lowest BCUT2D eigenvalue weighted by atomic mass is 10.2. The highest BCUT2D eigenvalue weighted by Crippen LogP contribution is 2.18. The molecule has 24 heavy (non-hydrogen) atoms. The third-order valence-electron chi connectivity index (χ3n) is 3.72. The van der Waals surface area contributed by atoms with Gasteiger partial charge in [0.1, 0.15) is 4.90 Å². The fraction of sp³-hybridized carbons (Fsp3) is 0.118. The molecule has 7 heteroatoms. The summed E-state index contributed by atoms with van der Waals surface area (Å²) in [5.41, 5.74) is 0.848. The highest BCUT2D eigenvalue weighted by atomic mass is 35.5. The molecule has 1 heterocycles. The Kier molecular flexibility index (Phi) is 4.45. The molecule has 5 nitrogen and oxygen atoms in total. The number of nitrogens with one attached hydrogen (secondary N) is 1. The number of hydrogen-bond donors (Lipinski definition) is 1. The van der Waals surface area contributed by atoms with Crippen molar-refractivity contribution in [2.75, 3.05) is 0 Å². The number of halogens is 1. The summed E-state index contributed by atoms with van der Waals surface area (Å²) in [4.78, 5) is 12.3. The van der Waals surface area contributed by atoms with Crippen molar-refractivity contribution < 1.29 is 8.42 Å². The van der Waals surface area contributed by atoms with Crippen molar-refractivity contribution in [3.8, 4) is 0 Å². The van der Waals surface area contributed by atoms with Gasteiger partial charge in [0.05, 0.1) is 5.52 Å². The lowest BCUT2D eigenvalue weighted by molar-refractivity contribution is 0.579. The van der Waals surface area contributed by atoms with Crippen LogP contribution in [0.1, 0.15) is 5.56 Å². The van der Waals surface area contributed by atoms with Crippen LogP contribution in [0.25, 0.3) is 10.9 Å².